The molecule has 1 heterocycles. The van der Waals surface area contributed by atoms with Crippen LogP contribution >= 0.6 is 15.9 Å². The van der Waals surface area contributed by atoms with Gasteiger partial charge in [0.15, 0.2) is 5.84 Å². The summed E-state index contributed by atoms with van der Waals surface area (Å²) >= 11 is 3.34. The molecule has 2 aromatic rings. The van der Waals surface area contributed by atoms with E-state index in [1.807, 2.05) is 6.92 Å². The molecule has 0 saturated carbocycles. The number of amides is 1. The summed E-state index contributed by atoms with van der Waals surface area (Å²) < 4.78 is 0.630. The van der Waals surface area contributed by atoms with Gasteiger partial charge in [-0.2, -0.15) is 0 Å². The first-order valence-corrected chi connectivity index (χ1v) is 6.82. The van der Waals surface area contributed by atoms with Gasteiger partial charge >= 0.3 is 0 Å². The lowest BCUT2D eigenvalue weighted by molar-refractivity contribution is 0.102. The normalized spacial score (nSPS) is 11.2. The fourth-order valence-electron chi connectivity index (χ4n) is 1.71. The van der Waals surface area contributed by atoms with Crippen LogP contribution < -0.4 is 11.1 Å². The van der Waals surface area contributed by atoms with E-state index in [4.69, 9.17) is 10.9 Å². The second-order valence-electron chi connectivity index (χ2n) is 4.32. The molecule has 0 spiro atoms. The SMILES string of the molecule is Cc1cc(C(=O)Nc2ccc(/C(N)=N/O)cc2Br)ccn1. The molecule has 1 amide bonds. The van der Waals surface area contributed by atoms with Gasteiger partial charge < -0.3 is 16.3 Å². The Kier molecular flexibility index (Phi) is 4.54. The topological polar surface area (TPSA) is 101 Å². The molecule has 0 aliphatic heterocycles. The van der Waals surface area contributed by atoms with Gasteiger partial charge in [0.25, 0.3) is 5.91 Å². The van der Waals surface area contributed by atoms with Gasteiger partial charge in [-0.15, -0.1) is 0 Å². The standard InChI is InChI=1S/C14H13BrN4O2/c1-8-6-10(4-5-17-8)14(20)18-12-3-2-9(7-11(12)15)13(16)19-21/h2-7,21H,1H3,(H2,16,19)(H,18,20). The summed E-state index contributed by atoms with van der Waals surface area (Å²) in [6.07, 6.45) is 1.58. The summed E-state index contributed by atoms with van der Waals surface area (Å²) in [6.45, 7) is 1.82. The Labute approximate surface area is 129 Å². The zero-order valence-electron chi connectivity index (χ0n) is 11.2. The highest BCUT2D eigenvalue weighted by Crippen LogP contribution is 2.24. The summed E-state index contributed by atoms with van der Waals surface area (Å²) in [5.41, 5.74) is 7.93. The van der Waals surface area contributed by atoms with Gasteiger partial charge in [-0.1, -0.05) is 5.16 Å². The second kappa shape index (κ2) is 6.36. The molecular formula is C14H13BrN4O2. The van der Waals surface area contributed by atoms with Gasteiger partial charge in [0.1, 0.15) is 0 Å². The van der Waals surface area contributed by atoms with Gasteiger partial charge in [0, 0.05) is 27.5 Å². The minimum atomic E-state index is -0.238. The molecule has 108 valence electrons. The molecule has 2 rings (SSSR count). The maximum absolute atomic E-state index is 12.1. The molecule has 1 aromatic carbocycles. The molecule has 0 atom stereocenters. The number of aromatic nitrogens is 1. The first kappa shape index (κ1) is 15.0. The van der Waals surface area contributed by atoms with Crippen molar-refractivity contribution in [2.45, 2.75) is 6.92 Å². The number of pyridine rings is 1. The van der Waals surface area contributed by atoms with Gasteiger partial charge in [0.05, 0.1) is 5.69 Å². The largest absolute Gasteiger partial charge is 0.409 e. The van der Waals surface area contributed by atoms with E-state index in [9.17, 15) is 4.79 Å². The third-order valence-electron chi connectivity index (χ3n) is 2.78. The van der Waals surface area contributed by atoms with E-state index in [0.717, 1.165) is 5.69 Å². The van der Waals surface area contributed by atoms with Crippen LogP contribution in [0.1, 0.15) is 21.6 Å². The molecule has 0 aliphatic carbocycles. The van der Waals surface area contributed by atoms with Crippen LogP contribution in [0.2, 0.25) is 0 Å². The average molecular weight is 349 g/mol. The van der Waals surface area contributed by atoms with E-state index in [0.29, 0.717) is 21.3 Å². The molecular weight excluding hydrogens is 336 g/mol. The Morgan fingerprint density at radius 3 is 2.71 bits per heavy atom. The number of hydrogen-bond donors (Lipinski definition) is 3. The predicted octanol–water partition coefficient (Wildman–Crippen LogP) is 2.50. The number of carbonyl (C=O) groups is 1. The van der Waals surface area contributed by atoms with Gasteiger partial charge in [-0.3, -0.25) is 9.78 Å². The van der Waals surface area contributed by atoms with Crippen LogP contribution in [-0.4, -0.2) is 21.9 Å². The Morgan fingerprint density at radius 2 is 2.10 bits per heavy atom. The second-order valence-corrected chi connectivity index (χ2v) is 5.17. The smallest absolute Gasteiger partial charge is 0.255 e. The van der Waals surface area contributed by atoms with Crippen LogP contribution in [0.25, 0.3) is 0 Å². The highest BCUT2D eigenvalue weighted by Gasteiger charge is 2.10. The number of nitrogens with two attached hydrogens (primary N) is 1. The summed E-state index contributed by atoms with van der Waals surface area (Å²) in [6, 6.07) is 8.31. The van der Waals surface area contributed by atoms with Crippen molar-refractivity contribution in [1.82, 2.24) is 4.98 Å². The first-order chi connectivity index (χ1) is 10.0. The number of nitrogens with one attached hydrogen (secondary N) is 1. The molecule has 0 radical (unpaired) electrons. The summed E-state index contributed by atoms with van der Waals surface area (Å²) in [4.78, 5) is 16.2. The molecule has 0 unspecified atom stereocenters. The van der Waals surface area contributed by atoms with Crippen molar-refractivity contribution in [3.63, 3.8) is 0 Å². The number of oxime groups is 1. The van der Waals surface area contributed by atoms with Crippen molar-refractivity contribution in [2.24, 2.45) is 10.9 Å². The number of rotatable bonds is 3. The van der Waals surface area contributed by atoms with Gasteiger partial charge in [0.2, 0.25) is 0 Å². The molecule has 21 heavy (non-hydrogen) atoms. The highest BCUT2D eigenvalue weighted by molar-refractivity contribution is 9.10. The minimum Gasteiger partial charge on any atom is -0.409 e. The average Bonchev–Trinajstić information content (AvgIpc) is 2.48. The van der Waals surface area contributed by atoms with Crippen molar-refractivity contribution in [3.05, 3.63) is 57.8 Å². The molecule has 0 fully saturated rings. The molecule has 7 heteroatoms. The Balaban J connectivity index is 2.22. The van der Waals surface area contributed by atoms with E-state index in [-0.39, 0.29) is 11.7 Å². The number of halogens is 1. The van der Waals surface area contributed by atoms with Crippen LogP contribution in [0, 0.1) is 6.92 Å². The lowest BCUT2D eigenvalue weighted by Crippen LogP contribution is -2.15. The lowest BCUT2D eigenvalue weighted by Gasteiger charge is -2.09. The first-order valence-electron chi connectivity index (χ1n) is 6.02. The van der Waals surface area contributed by atoms with Crippen molar-refractivity contribution in [1.29, 1.82) is 0 Å². The lowest BCUT2D eigenvalue weighted by atomic mass is 10.1. The van der Waals surface area contributed by atoms with Crippen LogP contribution in [-0.2, 0) is 0 Å². The van der Waals surface area contributed by atoms with Crippen molar-refractivity contribution in [3.8, 4) is 0 Å². The Hall–Kier alpha value is -2.41. The number of amidine groups is 1. The fourth-order valence-corrected chi connectivity index (χ4v) is 2.19. The zero-order valence-corrected chi connectivity index (χ0v) is 12.8. The van der Waals surface area contributed by atoms with E-state index >= 15 is 0 Å². The molecule has 4 N–H and O–H groups in total. The van der Waals surface area contributed by atoms with E-state index in [1.54, 1.807) is 36.5 Å². The van der Waals surface area contributed by atoms with E-state index in [2.05, 4.69) is 31.4 Å². The summed E-state index contributed by atoms with van der Waals surface area (Å²) in [5.74, 6) is -0.240. The van der Waals surface area contributed by atoms with Gasteiger partial charge in [-0.05, 0) is 53.2 Å². The molecule has 0 aliphatic rings. The Bertz CT molecular complexity index is 716. The van der Waals surface area contributed by atoms with Crippen molar-refractivity contribution in [2.75, 3.05) is 5.32 Å². The number of benzene rings is 1. The van der Waals surface area contributed by atoms with Crippen molar-refractivity contribution >= 4 is 33.4 Å². The molecule has 0 saturated heterocycles. The predicted molar refractivity (Wildman–Crippen MR) is 83.6 cm³/mol. The number of carbonyl (C=O) groups excluding carboxylic acids is 1. The number of anilines is 1. The minimum absolute atomic E-state index is 0.00154. The third-order valence-corrected chi connectivity index (χ3v) is 3.44. The maximum atomic E-state index is 12.1. The van der Waals surface area contributed by atoms with Crippen LogP contribution in [0.15, 0.2) is 46.2 Å². The zero-order chi connectivity index (χ0) is 15.4. The number of aryl methyl sites for hydroxylation is 1. The quantitative estimate of drug-likeness (QED) is 0.343. The molecule has 6 nitrogen and oxygen atoms in total. The van der Waals surface area contributed by atoms with Crippen molar-refractivity contribution < 1.29 is 10.0 Å². The van der Waals surface area contributed by atoms with Crippen LogP contribution in [0.5, 0.6) is 0 Å². The van der Waals surface area contributed by atoms with E-state index in [1.165, 1.54) is 0 Å². The number of hydrogen-bond acceptors (Lipinski definition) is 4. The van der Waals surface area contributed by atoms with E-state index < -0.39 is 0 Å². The molecule has 1 aromatic heterocycles. The third kappa shape index (κ3) is 3.57. The summed E-state index contributed by atoms with van der Waals surface area (Å²) in [5, 5.41) is 14.3. The maximum Gasteiger partial charge on any atom is 0.255 e. The van der Waals surface area contributed by atoms with Crippen LogP contribution in [0.3, 0.4) is 0 Å². The number of nitrogens with zero attached hydrogens (tertiary/aromatic N) is 2. The Morgan fingerprint density at radius 1 is 1.33 bits per heavy atom. The summed E-state index contributed by atoms with van der Waals surface area (Å²) in [7, 11) is 0. The monoisotopic (exact) mass is 348 g/mol. The van der Waals surface area contributed by atoms with Gasteiger partial charge in [-0.25, -0.2) is 0 Å². The molecule has 0 bridgehead atoms. The highest BCUT2D eigenvalue weighted by atomic mass is 79.9. The fraction of sp³-hybridized carbons (Fsp3) is 0.0714. The van der Waals surface area contributed by atoms with Crippen LogP contribution in [0.4, 0.5) is 5.69 Å².